The van der Waals surface area contributed by atoms with Gasteiger partial charge in [0.15, 0.2) is 0 Å². The summed E-state index contributed by atoms with van der Waals surface area (Å²) in [7, 11) is 3.48. The predicted octanol–water partition coefficient (Wildman–Crippen LogP) is 3.61. The highest BCUT2D eigenvalue weighted by Crippen LogP contribution is 2.28. The normalized spacial score (nSPS) is 11.8. The quantitative estimate of drug-likeness (QED) is 0.598. The molecule has 3 rings (SSSR count). The molecule has 0 saturated heterocycles. The number of carbonyl (C=O) groups is 1. The summed E-state index contributed by atoms with van der Waals surface area (Å²) < 4.78 is 11.0. The minimum Gasteiger partial charge on any atom is -0.496 e. The summed E-state index contributed by atoms with van der Waals surface area (Å²) in [6.45, 7) is 2.35. The van der Waals surface area contributed by atoms with E-state index in [-0.39, 0.29) is 18.2 Å². The molecule has 1 unspecified atom stereocenters. The summed E-state index contributed by atoms with van der Waals surface area (Å²) >= 11 is 0. The van der Waals surface area contributed by atoms with Gasteiger partial charge in [-0.05, 0) is 23.6 Å². The Balaban J connectivity index is 1.69. The molecule has 0 saturated carbocycles. The zero-order valence-electron chi connectivity index (χ0n) is 16.5. The first kappa shape index (κ1) is 19.6. The number of likely N-dealkylation sites (N-methyl/N-ethyl adjacent to an activating group) is 1. The Bertz CT molecular complexity index is 908. The first-order valence-electron chi connectivity index (χ1n) is 9.29. The van der Waals surface area contributed by atoms with Gasteiger partial charge < -0.3 is 14.1 Å². The zero-order valence-corrected chi connectivity index (χ0v) is 16.5. The average molecular weight is 379 g/mol. The van der Waals surface area contributed by atoms with Crippen LogP contribution in [-0.2, 0) is 11.2 Å². The van der Waals surface area contributed by atoms with Crippen LogP contribution in [-0.4, -0.2) is 41.7 Å². The average Bonchev–Trinajstić information content (AvgIpc) is 3.16. The van der Waals surface area contributed by atoms with Crippen molar-refractivity contribution in [1.82, 2.24) is 15.1 Å². The molecule has 2 aromatic carbocycles. The molecule has 3 aromatic rings. The van der Waals surface area contributed by atoms with Gasteiger partial charge in [-0.2, -0.15) is 0 Å². The highest BCUT2D eigenvalue weighted by atomic mass is 16.5. The lowest BCUT2D eigenvalue weighted by molar-refractivity contribution is -0.130. The highest BCUT2D eigenvalue weighted by Gasteiger charge is 2.25. The molecule has 1 aromatic heterocycles. The molecule has 146 valence electrons. The van der Waals surface area contributed by atoms with Crippen LogP contribution in [0.3, 0.4) is 0 Å². The van der Waals surface area contributed by atoms with Crippen LogP contribution in [0.5, 0.6) is 5.75 Å². The van der Waals surface area contributed by atoms with Crippen LogP contribution >= 0.6 is 0 Å². The van der Waals surface area contributed by atoms with E-state index in [1.807, 2.05) is 61.6 Å². The number of carbonyl (C=O) groups excluding carboxylic acids is 1. The lowest BCUT2D eigenvalue weighted by atomic mass is 9.95. The second-order valence-electron chi connectivity index (χ2n) is 6.70. The van der Waals surface area contributed by atoms with Gasteiger partial charge in [0.05, 0.1) is 13.0 Å². The first-order valence-corrected chi connectivity index (χ1v) is 9.29. The number of nitrogens with zero attached hydrogens (tertiary/aromatic N) is 3. The topological polar surface area (TPSA) is 68.5 Å². The van der Waals surface area contributed by atoms with Crippen LogP contribution < -0.4 is 4.74 Å². The van der Waals surface area contributed by atoms with Crippen LogP contribution in [0.4, 0.5) is 0 Å². The highest BCUT2D eigenvalue weighted by molar-refractivity contribution is 5.77. The van der Waals surface area contributed by atoms with Crippen molar-refractivity contribution in [2.75, 3.05) is 20.7 Å². The number of hydrogen-bond donors (Lipinski definition) is 0. The van der Waals surface area contributed by atoms with Crippen LogP contribution in [0, 0.1) is 6.92 Å². The molecule has 0 aliphatic heterocycles. The van der Waals surface area contributed by atoms with Crippen molar-refractivity contribution in [3.63, 3.8) is 0 Å². The number of para-hydroxylation sites is 1. The Kier molecular flexibility index (Phi) is 6.42. The van der Waals surface area contributed by atoms with Gasteiger partial charge in [-0.25, -0.2) is 0 Å². The van der Waals surface area contributed by atoms with Crippen LogP contribution in [0.1, 0.15) is 35.2 Å². The molecular formula is C22H25N3O3. The van der Waals surface area contributed by atoms with E-state index in [0.29, 0.717) is 18.3 Å². The summed E-state index contributed by atoms with van der Waals surface area (Å²) in [5, 5.41) is 8.07. The van der Waals surface area contributed by atoms with E-state index in [1.54, 1.807) is 18.9 Å². The third-order valence-electron chi connectivity index (χ3n) is 4.76. The smallest absolute Gasteiger partial charge is 0.224 e. The molecule has 0 spiro atoms. The van der Waals surface area contributed by atoms with Crippen LogP contribution in [0.25, 0.3) is 0 Å². The fourth-order valence-corrected chi connectivity index (χ4v) is 3.14. The van der Waals surface area contributed by atoms with Crippen molar-refractivity contribution < 1.29 is 13.9 Å². The van der Waals surface area contributed by atoms with Crippen molar-refractivity contribution in [1.29, 1.82) is 0 Å². The Hall–Kier alpha value is -3.15. The Morgan fingerprint density at radius 1 is 1.11 bits per heavy atom. The molecule has 0 radical (unpaired) electrons. The van der Waals surface area contributed by atoms with E-state index in [9.17, 15) is 4.79 Å². The Morgan fingerprint density at radius 3 is 2.50 bits per heavy atom. The van der Waals surface area contributed by atoms with E-state index < -0.39 is 0 Å². The predicted molar refractivity (Wildman–Crippen MR) is 106 cm³/mol. The van der Waals surface area contributed by atoms with Gasteiger partial charge in [-0.1, -0.05) is 48.5 Å². The van der Waals surface area contributed by atoms with Gasteiger partial charge in [0.1, 0.15) is 5.75 Å². The minimum atomic E-state index is -0.261. The van der Waals surface area contributed by atoms with E-state index in [1.165, 1.54) is 0 Å². The van der Waals surface area contributed by atoms with E-state index in [4.69, 9.17) is 9.15 Å². The molecule has 0 fully saturated rings. The second kappa shape index (κ2) is 9.17. The fraction of sp³-hybridized carbons (Fsp3) is 0.318. The van der Waals surface area contributed by atoms with Crippen molar-refractivity contribution in [3.05, 3.63) is 77.5 Å². The van der Waals surface area contributed by atoms with Gasteiger partial charge in [0.2, 0.25) is 17.7 Å². The first-order chi connectivity index (χ1) is 13.6. The third kappa shape index (κ3) is 4.76. The molecule has 28 heavy (non-hydrogen) atoms. The molecule has 1 heterocycles. The minimum absolute atomic E-state index is 0.0274. The number of aryl methyl sites for hydroxylation is 1. The van der Waals surface area contributed by atoms with Gasteiger partial charge >= 0.3 is 0 Å². The summed E-state index contributed by atoms with van der Waals surface area (Å²) in [6, 6.07) is 17.7. The molecule has 0 bridgehead atoms. The monoisotopic (exact) mass is 379 g/mol. The van der Waals surface area contributed by atoms with Gasteiger partial charge in [-0.15, -0.1) is 10.2 Å². The van der Waals surface area contributed by atoms with Crippen LogP contribution in [0.15, 0.2) is 59.0 Å². The Labute approximate surface area is 165 Å². The van der Waals surface area contributed by atoms with Crippen molar-refractivity contribution >= 4 is 5.91 Å². The van der Waals surface area contributed by atoms with Crippen molar-refractivity contribution in [2.24, 2.45) is 0 Å². The number of ether oxygens (including phenoxy) is 1. The lowest BCUT2D eigenvalue weighted by Crippen LogP contribution is -2.30. The summed E-state index contributed by atoms with van der Waals surface area (Å²) in [5.74, 6) is 1.57. The molecule has 1 atom stereocenters. The number of methoxy groups -OCH3 is 1. The summed E-state index contributed by atoms with van der Waals surface area (Å²) in [6.07, 6.45) is 0.996. The van der Waals surface area contributed by atoms with Crippen molar-refractivity contribution in [3.8, 4) is 5.75 Å². The van der Waals surface area contributed by atoms with Gasteiger partial charge in [0, 0.05) is 26.9 Å². The van der Waals surface area contributed by atoms with Crippen LogP contribution in [0.2, 0.25) is 0 Å². The molecule has 0 aliphatic rings. The zero-order chi connectivity index (χ0) is 19.9. The van der Waals surface area contributed by atoms with E-state index in [0.717, 1.165) is 23.3 Å². The standard InChI is InChI=1S/C22H25N3O3/c1-16-23-24-22(28-16)19(17-9-5-4-6-10-17)15-21(26)25(2)14-13-18-11-7-8-12-20(18)27-3/h4-12,19H,13-15H2,1-3H3. The summed E-state index contributed by atoms with van der Waals surface area (Å²) in [5.41, 5.74) is 2.06. The third-order valence-corrected chi connectivity index (χ3v) is 4.76. The maximum absolute atomic E-state index is 12.9. The molecule has 1 amide bonds. The number of benzene rings is 2. The molecular weight excluding hydrogens is 354 g/mol. The number of aromatic nitrogens is 2. The SMILES string of the molecule is COc1ccccc1CCN(C)C(=O)CC(c1ccccc1)c1nnc(C)o1. The molecule has 6 nitrogen and oxygen atoms in total. The van der Waals surface area contributed by atoms with Crippen molar-refractivity contribution in [2.45, 2.75) is 25.7 Å². The number of hydrogen-bond acceptors (Lipinski definition) is 5. The number of rotatable bonds is 8. The summed E-state index contributed by atoms with van der Waals surface area (Å²) in [4.78, 5) is 14.6. The van der Waals surface area contributed by atoms with Gasteiger partial charge in [-0.3, -0.25) is 4.79 Å². The Morgan fingerprint density at radius 2 is 1.82 bits per heavy atom. The maximum Gasteiger partial charge on any atom is 0.224 e. The second-order valence-corrected chi connectivity index (χ2v) is 6.70. The van der Waals surface area contributed by atoms with E-state index in [2.05, 4.69) is 10.2 Å². The van der Waals surface area contributed by atoms with Gasteiger partial charge in [0.25, 0.3) is 0 Å². The lowest BCUT2D eigenvalue weighted by Gasteiger charge is -2.21. The molecule has 0 N–H and O–H groups in total. The largest absolute Gasteiger partial charge is 0.496 e. The number of amides is 1. The maximum atomic E-state index is 12.9. The van der Waals surface area contributed by atoms with E-state index >= 15 is 0 Å². The molecule has 6 heteroatoms. The molecule has 0 aliphatic carbocycles. The fourth-order valence-electron chi connectivity index (χ4n) is 3.14.